The number of alkyl halides is 1. The van der Waals surface area contributed by atoms with Crippen LogP contribution in [0.15, 0.2) is 36.5 Å². The van der Waals surface area contributed by atoms with E-state index >= 15 is 0 Å². The van der Waals surface area contributed by atoms with Crippen molar-refractivity contribution in [3.8, 4) is 0 Å². The summed E-state index contributed by atoms with van der Waals surface area (Å²) in [5.74, 6) is -1.56. The molecule has 152 valence electrons. The first-order valence-electron chi connectivity index (χ1n) is 8.52. The number of aliphatic hydroxyl groups is 2. The first kappa shape index (κ1) is 22.2. The fraction of sp³-hybridized carbons (Fsp3) is 0.350. The summed E-state index contributed by atoms with van der Waals surface area (Å²) in [6.45, 7) is 8.15. The van der Waals surface area contributed by atoms with Gasteiger partial charge in [-0.05, 0) is 50.1 Å². The fourth-order valence-electron chi connectivity index (χ4n) is 2.60. The van der Waals surface area contributed by atoms with Gasteiger partial charge in [-0.2, -0.15) is 0 Å². The number of hydrogen-bond acceptors (Lipinski definition) is 4. The molecule has 8 heteroatoms. The number of nitrogens with zero attached hydrogens (tertiary/aromatic N) is 1. The highest BCUT2D eigenvalue weighted by Crippen LogP contribution is 2.27. The molecule has 0 amide bonds. The lowest BCUT2D eigenvalue weighted by Gasteiger charge is -2.22. The molecule has 2 atom stereocenters. The average molecular weight is 415 g/mol. The number of aliphatic hydroxyl groups excluding tert-OH is 2. The Bertz CT molecular complexity index is 884. The summed E-state index contributed by atoms with van der Waals surface area (Å²) in [5.41, 5.74) is -0.726. The molecule has 2 aromatic rings. The minimum Gasteiger partial charge on any atom is -0.390 e. The fourth-order valence-corrected chi connectivity index (χ4v) is 2.79. The molecule has 0 saturated carbocycles. The quantitative estimate of drug-likeness (QED) is 0.587. The molecular formula is C20H22ClF3N2O2. The van der Waals surface area contributed by atoms with Crippen LogP contribution in [0.2, 0.25) is 5.02 Å². The van der Waals surface area contributed by atoms with Crippen molar-refractivity contribution in [3.05, 3.63) is 70.0 Å². The van der Waals surface area contributed by atoms with Gasteiger partial charge in [-0.25, -0.2) is 18.2 Å². The summed E-state index contributed by atoms with van der Waals surface area (Å²) in [6.07, 6.45) is -3.26. The Hall–Kier alpha value is -2.09. The van der Waals surface area contributed by atoms with Crippen molar-refractivity contribution in [1.82, 2.24) is 4.98 Å². The molecule has 28 heavy (non-hydrogen) atoms. The van der Waals surface area contributed by atoms with Crippen molar-refractivity contribution < 1.29 is 23.4 Å². The van der Waals surface area contributed by atoms with Gasteiger partial charge >= 0.3 is 0 Å². The van der Waals surface area contributed by atoms with E-state index in [-0.39, 0.29) is 28.5 Å². The van der Waals surface area contributed by atoms with Crippen LogP contribution >= 0.6 is 11.6 Å². The second-order valence-electron chi connectivity index (χ2n) is 7.08. The summed E-state index contributed by atoms with van der Waals surface area (Å²) in [5, 5.41) is 22.9. The number of anilines is 1. The van der Waals surface area contributed by atoms with Crippen LogP contribution in [0, 0.1) is 18.6 Å². The molecule has 1 aromatic heterocycles. The van der Waals surface area contributed by atoms with Crippen LogP contribution in [-0.4, -0.2) is 27.4 Å². The van der Waals surface area contributed by atoms with E-state index in [2.05, 4.69) is 16.9 Å². The van der Waals surface area contributed by atoms with Gasteiger partial charge in [0.1, 0.15) is 29.2 Å². The van der Waals surface area contributed by atoms with Crippen LogP contribution in [-0.2, 0) is 12.1 Å². The summed E-state index contributed by atoms with van der Waals surface area (Å²) < 4.78 is 41.3. The molecule has 2 rings (SSSR count). The highest BCUT2D eigenvalue weighted by Gasteiger charge is 2.24. The number of aryl methyl sites for hydroxylation is 1. The van der Waals surface area contributed by atoms with E-state index in [9.17, 15) is 23.4 Å². The molecular weight excluding hydrogens is 393 g/mol. The zero-order valence-electron chi connectivity index (χ0n) is 15.7. The first-order valence-corrected chi connectivity index (χ1v) is 8.89. The molecule has 3 N–H and O–H groups in total. The molecule has 0 aliphatic rings. The Morgan fingerprint density at radius 3 is 2.46 bits per heavy atom. The van der Waals surface area contributed by atoms with E-state index in [0.29, 0.717) is 17.3 Å². The lowest BCUT2D eigenvalue weighted by Crippen LogP contribution is -2.32. The summed E-state index contributed by atoms with van der Waals surface area (Å²) >= 11 is 5.63. The highest BCUT2D eigenvalue weighted by atomic mass is 35.5. The third kappa shape index (κ3) is 5.47. The van der Waals surface area contributed by atoms with Gasteiger partial charge in [0.15, 0.2) is 0 Å². The van der Waals surface area contributed by atoms with Crippen LogP contribution in [0.4, 0.5) is 19.0 Å². The molecule has 4 nitrogen and oxygen atoms in total. The molecule has 0 spiro atoms. The van der Waals surface area contributed by atoms with Gasteiger partial charge in [-0.3, -0.25) is 0 Å². The molecule has 1 heterocycles. The second-order valence-corrected chi connectivity index (χ2v) is 7.49. The van der Waals surface area contributed by atoms with Crippen molar-refractivity contribution in [2.24, 2.45) is 0 Å². The Morgan fingerprint density at radius 2 is 1.86 bits per heavy atom. The van der Waals surface area contributed by atoms with Crippen LogP contribution in [0.25, 0.3) is 0 Å². The van der Waals surface area contributed by atoms with Gasteiger partial charge in [0.25, 0.3) is 0 Å². The molecule has 2 unspecified atom stereocenters. The lowest BCUT2D eigenvalue weighted by molar-refractivity contribution is 0.0428. The number of rotatable bonds is 7. The van der Waals surface area contributed by atoms with Gasteiger partial charge in [-0.15, -0.1) is 0 Å². The monoisotopic (exact) mass is 414 g/mol. The number of nitrogens with one attached hydrogen (secondary N) is 1. The van der Waals surface area contributed by atoms with E-state index in [1.54, 1.807) is 13.0 Å². The van der Waals surface area contributed by atoms with E-state index < -0.39 is 29.5 Å². The second kappa shape index (κ2) is 8.51. The highest BCUT2D eigenvalue weighted by molar-refractivity contribution is 6.30. The third-order valence-electron chi connectivity index (χ3n) is 4.17. The number of halogens is 4. The van der Waals surface area contributed by atoms with Gasteiger partial charge in [0.05, 0.1) is 11.1 Å². The first-order chi connectivity index (χ1) is 12.9. The van der Waals surface area contributed by atoms with E-state index in [1.807, 2.05) is 0 Å². The Kier molecular flexibility index (Phi) is 6.75. The van der Waals surface area contributed by atoms with Crippen LogP contribution in [0.1, 0.15) is 30.7 Å². The Balaban J connectivity index is 2.12. The summed E-state index contributed by atoms with van der Waals surface area (Å²) in [7, 11) is 0. The van der Waals surface area contributed by atoms with Gasteiger partial charge < -0.3 is 15.5 Å². The zero-order chi connectivity index (χ0) is 21.2. The molecule has 0 saturated heterocycles. The maximum Gasteiger partial charge on any atom is 0.144 e. The minimum absolute atomic E-state index is 0.0122. The third-order valence-corrected chi connectivity index (χ3v) is 4.46. The van der Waals surface area contributed by atoms with Crippen LogP contribution in [0.3, 0.4) is 0 Å². The van der Waals surface area contributed by atoms with Crippen molar-refractivity contribution in [1.29, 1.82) is 0 Å². The molecule has 1 aromatic carbocycles. The van der Waals surface area contributed by atoms with E-state index in [4.69, 9.17) is 11.6 Å². The maximum absolute atomic E-state index is 14.2. The van der Waals surface area contributed by atoms with Crippen LogP contribution < -0.4 is 5.32 Å². The Morgan fingerprint density at radius 1 is 1.21 bits per heavy atom. The predicted molar refractivity (Wildman–Crippen MR) is 103 cm³/mol. The normalized spacial score (nSPS) is 13.9. The standard InChI is InChI=1S/C20H22ClF3N2O2/c1-10-5-13(20(3,4)24)8-18(25-10)26-11(2)19(28)17(27)7-12-6-14(21)16(23)9-15(12)22/h5-6,8-9,17,19,27-28H,2,7H2,1,3-4H3,(H,25,26). The zero-order valence-corrected chi connectivity index (χ0v) is 16.5. The largest absolute Gasteiger partial charge is 0.390 e. The summed E-state index contributed by atoms with van der Waals surface area (Å²) in [6, 6.07) is 4.73. The topological polar surface area (TPSA) is 65.4 Å². The van der Waals surface area contributed by atoms with E-state index in [1.165, 1.54) is 19.9 Å². The maximum atomic E-state index is 14.2. The molecule has 0 radical (unpaired) electrons. The average Bonchev–Trinajstić information content (AvgIpc) is 2.57. The van der Waals surface area contributed by atoms with Crippen molar-refractivity contribution >= 4 is 17.4 Å². The molecule has 0 aliphatic heterocycles. The lowest BCUT2D eigenvalue weighted by atomic mass is 10.00. The van der Waals surface area contributed by atoms with Crippen molar-refractivity contribution in [2.75, 3.05) is 5.32 Å². The van der Waals surface area contributed by atoms with Gasteiger partial charge in [0.2, 0.25) is 0 Å². The number of benzene rings is 1. The molecule has 0 fully saturated rings. The number of hydrogen-bond donors (Lipinski definition) is 3. The van der Waals surface area contributed by atoms with Crippen molar-refractivity contribution in [2.45, 2.75) is 45.1 Å². The smallest absolute Gasteiger partial charge is 0.144 e. The minimum atomic E-state index is -1.59. The number of aromatic nitrogens is 1. The van der Waals surface area contributed by atoms with Gasteiger partial charge in [0, 0.05) is 23.9 Å². The van der Waals surface area contributed by atoms with Gasteiger partial charge in [-0.1, -0.05) is 18.2 Å². The molecule has 0 aliphatic carbocycles. The van der Waals surface area contributed by atoms with Crippen LogP contribution in [0.5, 0.6) is 0 Å². The SMILES string of the molecule is C=C(Nc1cc(C(C)(C)F)cc(C)n1)C(O)C(O)Cc1cc(Cl)c(F)cc1F. The van der Waals surface area contributed by atoms with E-state index in [0.717, 1.165) is 6.07 Å². The number of pyridine rings is 1. The predicted octanol–water partition coefficient (Wildman–Crippen LogP) is 4.42. The molecule has 0 bridgehead atoms. The summed E-state index contributed by atoms with van der Waals surface area (Å²) in [4.78, 5) is 4.20. The van der Waals surface area contributed by atoms with Crippen molar-refractivity contribution in [3.63, 3.8) is 0 Å². The Labute approximate surface area is 166 Å².